The van der Waals surface area contributed by atoms with Crippen molar-refractivity contribution in [3.05, 3.63) is 28.8 Å². The van der Waals surface area contributed by atoms with Gasteiger partial charge in [-0.05, 0) is 32.4 Å². The average Bonchev–Trinajstić information content (AvgIpc) is 2.24. The van der Waals surface area contributed by atoms with Gasteiger partial charge >= 0.3 is 5.97 Å². The van der Waals surface area contributed by atoms with Crippen LogP contribution >= 0.6 is 23.4 Å². The van der Waals surface area contributed by atoms with Gasteiger partial charge in [0.05, 0.1) is 17.4 Å². The van der Waals surface area contributed by atoms with Crippen LogP contribution in [0.25, 0.3) is 0 Å². The fraction of sp³-hybridized carbons (Fsp3) is 0.462. The Kier molecular flexibility index (Phi) is 5.50. The van der Waals surface area contributed by atoms with Gasteiger partial charge in [-0.3, -0.25) is 4.79 Å². The van der Waals surface area contributed by atoms with Gasteiger partial charge in [-0.15, -0.1) is 11.8 Å². The Bertz CT molecular complexity index is 427. The summed E-state index contributed by atoms with van der Waals surface area (Å²) in [6.45, 7) is 5.37. The van der Waals surface area contributed by atoms with Crippen molar-refractivity contribution < 1.29 is 14.6 Å². The Morgan fingerprint density at radius 2 is 2.11 bits per heavy atom. The van der Waals surface area contributed by atoms with Gasteiger partial charge < -0.3 is 9.84 Å². The molecular formula is C13H17ClO3S. The molecule has 0 unspecified atom stereocenters. The number of aliphatic hydroxyl groups is 1. The number of thioether (sulfide) groups is 1. The van der Waals surface area contributed by atoms with Gasteiger partial charge in [0.15, 0.2) is 0 Å². The highest BCUT2D eigenvalue weighted by molar-refractivity contribution is 8.00. The molecule has 18 heavy (non-hydrogen) atoms. The van der Waals surface area contributed by atoms with E-state index in [1.165, 1.54) is 11.8 Å². The van der Waals surface area contributed by atoms with Crippen molar-refractivity contribution >= 4 is 29.3 Å². The lowest BCUT2D eigenvalue weighted by Crippen LogP contribution is -2.24. The quantitative estimate of drug-likeness (QED) is 0.682. The number of hydrogen-bond acceptors (Lipinski definition) is 4. The minimum Gasteiger partial charge on any atom is -0.459 e. The topological polar surface area (TPSA) is 46.5 Å². The molecule has 0 saturated carbocycles. The lowest BCUT2D eigenvalue weighted by Gasteiger charge is -2.19. The van der Waals surface area contributed by atoms with E-state index in [0.717, 1.165) is 10.5 Å². The summed E-state index contributed by atoms with van der Waals surface area (Å²) in [4.78, 5) is 12.3. The Morgan fingerprint density at radius 3 is 2.67 bits per heavy atom. The zero-order chi connectivity index (χ0) is 13.8. The van der Waals surface area contributed by atoms with Crippen molar-refractivity contribution in [1.29, 1.82) is 0 Å². The summed E-state index contributed by atoms with van der Waals surface area (Å²) in [6, 6.07) is 5.28. The fourth-order valence-electron chi connectivity index (χ4n) is 1.34. The molecule has 0 atom stereocenters. The fourth-order valence-corrected chi connectivity index (χ4v) is 2.54. The van der Waals surface area contributed by atoms with E-state index >= 15 is 0 Å². The molecule has 5 heteroatoms. The van der Waals surface area contributed by atoms with Crippen LogP contribution in [0.5, 0.6) is 0 Å². The molecule has 0 radical (unpaired) electrons. The highest BCUT2D eigenvalue weighted by atomic mass is 35.5. The number of carbonyl (C=O) groups is 1. The summed E-state index contributed by atoms with van der Waals surface area (Å²) in [7, 11) is 0. The monoisotopic (exact) mass is 288 g/mol. The normalized spacial score (nSPS) is 11.4. The zero-order valence-corrected chi connectivity index (χ0v) is 12.3. The van der Waals surface area contributed by atoms with E-state index in [2.05, 4.69) is 0 Å². The van der Waals surface area contributed by atoms with Gasteiger partial charge in [-0.1, -0.05) is 23.7 Å². The molecule has 0 bridgehead atoms. The molecule has 1 aromatic rings. The lowest BCUT2D eigenvalue weighted by atomic mass is 10.2. The Balaban J connectivity index is 2.66. The van der Waals surface area contributed by atoms with Crippen molar-refractivity contribution in [2.45, 2.75) is 37.9 Å². The summed E-state index contributed by atoms with van der Waals surface area (Å²) in [5.41, 5.74) is 0.230. The second-order valence-corrected chi connectivity index (χ2v) is 6.15. The van der Waals surface area contributed by atoms with Crippen molar-refractivity contribution in [1.82, 2.24) is 0 Å². The van der Waals surface area contributed by atoms with E-state index < -0.39 is 5.60 Å². The van der Waals surface area contributed by atoms with E-state index in [1.807, 2.05) is 20.8 Å². The molecule has 100 valence electrons. The first-order chi connectivity index (χ1) is 8.33. The maximum atomic E-state index is 11.6. The minimum absolute atomic E-state index is 0.1000. The van der Waals surface area contributed by atoms with Crippen LogP contribution < -0.4 is 0 Å². The molecule has 0 saturated heterocycles. The van der Waals surface area contributed by atoms with E-state index in [9.17, 15) is 9.90 Å². The SMILES string of the molecule is CC(C)(C)OC(=O)CSc1c(Cl)cccc1CO. The summed E-state index contributed by atoms with van der Waals surface area (Å²) >= 11 is 7.32. The van der Waals surface area contributed by atoms with E-state index in [0.29, 0.717) is 5.02 Å². The lowest BCUT2D eigenvalue weighted by molar-refractivity contribution is -0.151. The van der Waals surface area contributed by atoms with Gasteiger partial charge in [0, 0.05) is 4.90 Å². The van der Waals surface area contributed by atoms with E-state index in [4.69, 9.17) is 16.3 Å². The Labute approximate surface area is 116 Å². The number of esters is 1. The van der Waals surface area contributed by atoms with Crippen molar-refractivity contribution in [2.75, 3.05) is 5.75 Å². The molecule has 1 N–H and O–H groups in total. The second kappa shape index (κ2) is 6.45. The van der Waals surface area contributed by atoms with Crippen LogP contribution in [0.4, 0.5) is 0 Å². The number of hydrogen-bond donors (Lipinski definition) is 1. The highest BCUT2D eigenvalue weighted by Gasteiger charge is 2.17. The molecule has 3 nitrogen and oxygen atoms in total. The third-order valence-corrected chi connectivity index (χ3v) is 3.55. The molecule has 1 rings (SSSR count). The predicted octanol–water partition coefficient (Wildman–Crippen LogP) is 3.27. The van der Waals surface area contributed by atoms with Gasteiger partial charge in [-0.25, -0.2) is 0 Å². The van der Waals surface area contributed by atoms with Gasteiger partial charge in [-0.2, -0.15) is 0 Å². The van der Waals surface area contributed by atoms with Crippen molar-refractivity contribution in [3.8, 4) is 0 Å². The van der Waals surface area contributed by atoms with Crippen LogP contribution in [0.1, 0.15) is 26.3 Å². The maximum Gasteiger partial charge on any atom is 0.316 e. The molecule has 0 spiro atoms. The largest absolute Gasteiger partial charge is 0.459 e. The van der Waals surface area contributed by atoms with Crippen molar-refractivity contribution in [3.63, 3.8) is 0 Å². The van der Waals surface area contributed by atoms with Crippen LogP contribution in [-0.4, -0.2) is 22.4 Å². The first-order valence-electron chi connectivity index (χ1n) is 5.56. The molecule has 0 aliphatic carbocycles. The number of benzene rings is 1. The zero-order valence-electron chi connectivity index (χ0n) is 10.7. The molecule has 0 amide bonds. The third-order valence-electron chi connectivity index (χ3n) is 1.97. The molecule has 0 aliphatic rings. The summed E-state index contributed by atoms with van der Waals surface area (Å²) in [6.07, 6.45) is 0. The Hall–Kier alpha value is -0.710. The number of carbonyl (C=O) groups excluding carboxylic acids is 1. The summed E-state index contributed by atoms with van der Waals surface area (Å²) in [5.74, 6) is -0.120. The summed E-state index contributed by atoms with van der Waals surface area (Å²) < 4.78 is 5.21. The van der Waals surface area contributed by atoms with E-state index in [-0.39, 0.29) is 18.3 Å². The first-order valence-corrected chi connectivity index (χ1v) is 6.93. The molecule has 0 heterocycles. The third kappa shape index (κ3) is 4.88. The van der Waals surface area contributed by atoms with Crippen LogP contribution in [0, 0.1) is 0 Å². The van der Waals surface area contributed by atoms with Crippen LogP contribution in [0.15, 0.2) is 23.1 Å². The van der Waals surface area contributed by atoms with Crippen LogP contribution in [0.3, 0.4) is 0 Å². The van der Waals surface area contributed by atoms with Crippen LogP contribution in [0.2, 0.25) is 5.02 Å². The minimum atomic E-state index is -0.488. The average molecular weight is 289 g/mol. The van der Waals surface area contributed by atoms with Gasteiger partial charge in [0.1, 0.15) is 5.60 Å². The van der Waals surface area contributed by atoms with Gasteiger partial charge in [0.25, 0.3) is 0 Å². The standard InChI is InChI=1S/C13H17ClO3S/c1-13(2,3)17-11(16)8-18-12-9(7-15)5-4-6-10(12)14/h4-6,15H,7-8H2,1-3H3. The highest BCUT2D eigenvalue weighted by Crippen LogP contribution is 2.31. The first kappa shape index (κ1) is 15.3. The van der Waals surface area contributed by atoms with Gasteiger partial charge in [0.2, 0.25) is 0 Å². The van der Waals surface area contributed by atoms with Crippen molar-refractivity contribution in [2.24, 2.45) is 0 Å². The number of halogens is 1. The number of aliphatic hydroxyl groups excluding tert-OH is 1. The second-order valence-electron chi connectivity index (χ2n) is 4.76. The van der Waals surface area contributed by atoms with Crippen LogP contribution in [-0.2, 0) is 16.1 Å². The summed E-state index contributed by atoms with van der Waals surface area (Å²) in [5, 5.41) is 9.74. The van der Waals surface area contributed by atoms with E-state index in [1.54, 1.807) is 18.2 Å². The molecule has 0 aliphatic heterocycles. The molecule has 0 fully saturated rings. The molecule has 1 aromatic carbocycles. The maximum absolute atomic E-state index is 11.6. The Morgan fingerprint density at radius 1 is 1.44 bits per heavy atom. The molecule has 0 aromatic heterocycles. The smallest absolute Gasteiger partial charge is 0.316 e. The predicted molar refractivity (Wildman–Crippen MR) is 73.9 cm³/mol. The number of rotatable bonds is 4. The number of ether oxygens (including phenoxy) is 1. The molecular weight excluding hydrogens is 272 g/mol.